The number of thiazole rings is 1. The summed E-state index contributed by atoms with van der Waals surface area (Å²) >= 11 is 3.26. The van der Waals surface area contributed by atoms with E-state index in [0.29, 0.717) is 16.9 Å². The first-order valence-electron chi connectivity index (χ1n) is 10.1. The zero-order valence-electron chi connectivity index (χ0n) is 17.1. The summed E-state index contributed by atoms with van der Waals surface area (Å²) in [6, 6.07) is 23.6. The quantitative estimate of drug-likeness (QED) is 0.340. The summed E-state index contributed by atoms with van der Waals surface area (Å²) in [7, 11) is 0. The summed E-state index contributed by atoms with van der Waals surface area (Å²) in [4.78, 5) is 18.2. The van der Waals surface area contributed by atoms with Crippen LogP contribution in [0.2, 0.25) is 0 Å². The lowest BCUT2D eigenvalue weighted by atomic mass is 10.2. The molecular weight excluding hydrogens is 438 g/mol. The Labute approximate surface area is 191 Å². The lowest BCUT2D eigenvalue weighted by Crippen LogP contribution is -2.22. The van der Waals surface area contributed by atoms with Gasteiger partial charge in [0.2, 0.25) is 5.78 Å². The van der Waals surface area contributed by atoms with Crippen LogP contribution in [0.4, 0.5) is 0 Å². The Morgan fingerprint density at radius 3 is 2.59 bits per heavy atom. The van der Waals surface area contributed by atoms with Gasteiger partial charge in [0.05, 0.1) is 32.6 Å². The second-order valence-electron chi connectivity index (χ2n) is 7.43. The van der Waals surface area contributed by atoms with Gasteiger partial charge in [0, 0.05) is 0 Å². The third kappa shape index (κ3) is 3.03. The van der Waals surface area contributed by atoms with Gasteiger partial charge < -0.3 is 0 Å². The Balaban J connectivity index is 1.53. The zero-order valence-corrected chi connectivity index (χ0v) is 18.7. The average Bonchev–Trinajstić information content (AvgIpc) is 3.43. The molecule has 0 saturated carbocycles. The smallest absolute Gasteiger partial charge is 0.267 e. The SMILES string of the molecule is Cc1ccccc1-n1c(=O)c2ccccc2n2c(SCc3nc4ccccc4s3)nnc12. The molecule has 0 aliphatic rings. The molecule has 0 bridgehead atoms. The fraction of sp³-hybridized carbons (Fsp3) is 0.0833. The molecule has 0 amide bonds. The van der Waals surface area contributed by atoms with E-state index in [-0.39, 0.29) is 5.56 Å². The minimum Gasteiger partial charge on any atom is -0.268 e. The highest BCUT2D eigenvalue weighted by molar-refractivity contribution is 7.98. The lowest BCUT2D eigenvalue weighted by Gasteiger charge is -2.13. The molecule has 3 aromatic carbocycles. The second kappa shape index (κ2) is 7.58. The molecule has 0 radical (unpaired) electrons. The maximum Gasteiger partial charge on any atom is 0.267 e. The van der Waals surface area contributed by atoms with Gasteiger partial charge in [-0.05, 0) is 42.8 Å². The van der Waals surface area contributed by atoms with Crippen molar-refractivity contribution in [3.8, 4) is 5.69 Å². The minimum absolute atomic E-state index is 0.0995. The van der Waals surface area contributed by atoms with Crippen molar-refractivity contribution in [3.63, 3.8) is 0 Å². The van der Waals surface area contributed by atoms with E-state index in [1.807, 2.05) is 78.1 Å². The van der Waals surface area contributed by atoms with Gasteiger partial charge in [-0.15, -0.1) is 21.5 Å². The van der Waals surface area contributed by atoms with Crippen molar-refractivity contribution >= 4 is 50.0 Å². The van der Waals surface area contributed by atoms with Gasteiger partial charge in [-0.3, -0.25) is 9.20 Å². The highest BCUT2D eigenvalue weighted by atomic mass is 32.2. The van der Waals surface area contributed by atoms with Crippen molar-refractivity contribution in [2.45, 2.75) is 17.8 Å². The molecule has 0 saturated heterocycles. The Bertz CT molecular complexity index is 1650. The first-order valence-corrected chi connectivity index (χ1v) is 11.9. The monoisotopic (exact) mass is 455 g/mol. The number of hydrogen-bond acceptors (Lipinski definition) is 6. The zero-order chi connectivity index (χ0) is 21.7. The fourth-order valence-electron chi connectivity index (χ4n) is 3.91. The van der Waals surface area contributed by atoms with Crippen LogP contribution in [0.1, 0.15) is 10.6 Å². The number of thioether (sulfide) groups is 1. The molecule has 0 aliphatic heterocycles. The summed E-state index contributed by atoms with van der Waals surface area (Å²) in [6.45, 7) is 1.99. The largest absolute Gasteiger partial charge is 0.268 e. The van der Waals surface area contributed by atoms with Gasteiger partial charge in [-0.1, -0.05) is 54.2 Å². The standard InChI is InChI=1S/C24H17N5OS2/c1-15-8-2-5-11-18(15)28-22(30)16-9-3-6-12-19(16)29-23(28)26-27-24(29)31-14-21-25-17-10-4-7-13-20(17)32-21/h2-13H,14H2,1H3. The Morgan fingerprint density at radius 1 is 0.938 bits per heavy atom. The predicted octanol–water partition coefficient (Wildman–Crippen LogP) is 5.24. The number of fused-ring (bicyclic) bond motifs is 4. The van der Waals surface area contributed by atoms with Crippen LogP contribution in [0.5, 0.6) is 0 Å². The second-order valence-corrected chi connectivity index (χ2v) is 9.48. The van der Waals surface area contributed by atoms with E-state index in [4.69, 9.17) is 4.98 Å². The number of nitrogens with zero attached hydrogens (tertiary/aromatic N) is 5. The molecule has 0 aliphatic carbocycles. The molecule has 32 heavy (non-hydrogen) atoms. The molecule has 0 atom stereocenters. The first kappa shape index (κ1) is 19.2. The van der Waals surface area contributed by atoms with Crippen LogP contribution in [0.25, 0.3) is 32.6 Å². The van der Waals surface area contributed by atoms with Gasteiger partial charge >= 0.3 is 0 Å². The topological polar surface area (TPSA) is 65.1 Å². The Hall–Kier alpha value is -3.49. The number of aromatic nitrogens is 5. The number of benzene rings is 3. The van der Waals surface area contributed by atoms with Crippen LogP contribution in [-0.2, 0) is 5.75 Å². The van der Waals surface area contributed by atoms with Crippen LogP contribution in [0.3, 0.4) is 0 Å². The predicted molar refractivity (Wildman–Crippen MR) is 130 cm³/mol. The molecule has 6 nitrogen and oxygen atoms in total. The van der Waals surface area contributed by atoms with E-state index in [0.717, 1.165) is 32.4 Å². The molecule has 0 N–H and O–H groups in total. The molecule has 0 spiro atoms. The number of hydrogen-bond donors (Lipinski definition) is 0. The third-order valence-electron chi connectivity index (χ3n) is 5.41. The van der Waals surface area contributed by atoms with Crippen molar-refractivity contribution in [2.24, 2.45) is 0 Å². The number of aryl methyl sites for hydroxylation is 1. The minimum atomic E-state index is -0.0995. The van der Waals surface area contributed by atoms with Crippen LogP contribution in [0.15, 0.2) is 82.7 Å². The molecule has 0 fully saturated rings. The Kier molecular flexibility index (Phi) is 4.55. The maximum absolute atomic E-state index is 13.4. The van der Waals surface area contributed by atoms with Crippen molar-refractivity contribution in [2.75, 3.05) is 0 Å². The summed E-state index contributed by atoms with van der Waals surface area (Å²) in [5.41, 5.74) is 3.52. The van der Waals surface area contributed by atoms with Crippen molar-refractivity contribution < 1.29 is 0 Å². The maximum atomic E-state index is 13.4. The molecule has 6 aromatic rings. The number of rotatable bonds is 4. The molecule has 3 heterocycles. The molecule has 0 unspecified atom stereocenters. The van der Waals surface area contributed by atoms with Crippen LogP contribution < -0.4 is 5.56 Å². The van der Waals surface area contributed by atoms with Gasteiger partial charge in [-0.25, -0.2) is 9.55 Å². The molecule has 6 rings (SSSR count). The summed E-state index contributed by atoms with van der Waals surface area (Å²) in [6.07, 6.45) is 0. The van der Waals surface area contributed by atoms with E-state index in [1.165, 1.54) is 4.70 Å². The van der Waals surface area contributed by atoms with Crippen molar-refractivity contribution in [1.29, 1.82) is 0 Å². The summed E-state index contributed by atoms with van der Waals surface area (Å²) in [5, 5.41) is 11.3. The molecule has 156 valence electrons. The summed E-state index contributed by atoms with van der Waals surface area (Å²) < 4.78 is 4.81. The lowest BCUT2D eigenvalue weighted by molar-refractivity contribution is 0.928. The number of para-hydroxylation sites is 3. The van der Waals surface area contributed by atoms with Gasteiger partial charge in [0.25, 0.3) is 5.56 Å². The normalized spacial score (nSPS) is 11.7. The third-order valence-corrected chi connectivity index (χ3v) is 7.57. The highest BCUT2D eigenvalue weighted by Crippen LogP contribution is 2.29. The fourth-order valence-corrected chi connectivity index (χ4v) is 5.81. The van der Waals surface area contributed by atoms with E-state index in [1.54, 1.807) is 27.7 Å². The van der Waals surface area contributed by atoms with E-state index in [2.05, 4.69) is 16.3 Å². The summed E-state index contributed by atoms with van der Waals surface area (Å²) in [5.74, 6) is 1.19. The molecular formula is C24H17N5OS2. The van der Waals surface area contributed by atoms with E-state index < -0.39 is 0 Å². The van der Waals surface area contributed by atoms with Crippen LogP contribution >= 0.6 is 23.1 Å². The highest BCUT2D eigenvalue weighted by Gasteiger charge is 2.19. The van der Waals surface area contributed by atoms with E-state index >= 15 is 0 Å². The van der Waals surface area contributed by atoms with Gasteiger partial charge in [-0.2, -0.15) is 0 Å². The first-order chi connectivity index (χ1) is 15.7. The van der Waals surface area contributed by atoms with Gasteiger partial charge in [0.1, 0.15) is 5.01 Å². The van der Waals surface area contributed by atoms with Crippen molar-refractivity contribution in [1.82, 2.24) is 24.1 Å². The van der Waals surface area contributed by atoms with Gasteiger partial charge in [0.15, 0.2) is 5.16 Å². The van der Waals surface area contributed by atoms with Crippen LogP contribution in [-0.4, -0.2) is 24.1 Å². The molecule has 8 heteroatoms. The van der Waals surface area contributed by atoms with E-state index in [9.17, 15) is 4.79 Å². The van der Waals surface area contributed by atoms with Crippen molar-refractivity contribution in [3.05, 3.63) is 93.7 Å². The Morgan fingerprint density at radius 2 is 1.72 bits per heavy atom. The average molecular weight is 456 g/mol. The molecule has 3 aromatic heterocycles. The van der Waals surface area contributed by atoms with Crippen LogP contribution in [0, 0.1) is 6.92 Å².